The van der Waals surface area contributed by atoms with E-state index < -0.39 is 29.7 Å². The van der Waals surface area contributed by atoms with Gasteiger partial charge in [0.1, 0.15) is 16.6 Å². The number of anilines is 1. The first kappa shape index (κ1) is 30.9. The molecule has 1 heterocycles. The molecule has 3 aromatic carbocycles. The van der Waals surface area contributed by atoms with Gasteiger partial charge in [0.05, 0.1) is 6.10 Å². The summed E-state index contributed by atoms with van der Waals surface area (Å²) < 4.78 is 27.3. The smallest absolute Gasteiger partial charge is 0.226 e. The first-order chi connectivity index (χ1) is 20.2. The van der Waals surface area contributed by atoms with Crippen molar-refractivity contribution in [2.45, 2.75) is 51.3 Å². The van der Waals surface area contributed by atoms with E-state index in [-0.39, 0.29) is 38.3 Å². The van der Waals surface area contributed by atoms with Crippen LogP contribution in [0.25, 0.3) is 10.6 Å². The second-order valence-electron chi connectivity index (χ2n) is 9.99. The molecule has 4 rings (SSSR count). The minimum atomic E-state index is -1.18. The first-order valence-corrected chi connectivity index (χ1v) is 14.4. The van der Waals surface area contributed by atoms with E-state index in [1.54, 1.807) is 0 Å². The molecule has 0 aliphatic heterocycles. The average Bonchev–Trinajstić information content (AvgIpc) is 3.44. The number of carbonyl (C=O) groups excluding carboxylic acids is 2. The summed E-state index contributed by atoms with van der Waals surface area (Å²) in [6, 6.07) is 19.4. The number of rotatable bonds is 13. The SMILES string of the molecule is CCc1cccc(CN(C[C@@H](O)[C@@H](N)Cc2cc(F)cc(F)c2)C(=O)CCC(=O)Nc2nnc(-c3ccccc3)s2)c1. The summed E-state index contributed by atoms with van der Waals surface area (Å²) in [4.78, 5) is 27.4. The van der Waals surface area contributed by atoms with Crippen molar-refractivity contribution >= 4 is 28.3 Å². The van der Waals surface area contributed by atoms with E-state index in [2.05, 4.69) is 15.5 Å². The van der Waals surface area contributed by atoms with Crippen molar-refractivity contribution < 1.29 is 23.5 Å². The van der Waals surface area contributed by atoms with E-state index in [1.807, 2.05) is 61.5 Å². The topological polar surface area (TPSA) is 121 Å². The fourth-order valence-electron chi connectivity index (χ4n) is 4.45. The van der Waals surface area contributed by atoms with Crippen molar-refractivity contribution in [3.05, 3.63) is 101 Å². The van der Waals surface area contributed by atoms with Crippen LogP contribution in [0.2, 0.25) is 0 Å². The van der Waals surface area contributed by atoms with Gasteiger partial charge in [0.15, 0.2) is 0 Å². The fourth-order valence-corrected chi connectivity index (χ4v) is 5.22. The van der Waals surface area contributed by atoms with Gasteiger partial charge in [-0.05, 0) is 41.7 Å². The van der Waals surface area contributed by atoms with E-state index >= 15 is 0 Å². The molecule has 0 aliphatic carbocycles. The third-order valence-corrected chi connectivity index (χ3v) is 7.57. The van der Waals surface area contributed by atoms with Crippen LogP contribution in [0, 0.1) is 11.6 Å². The quantitative estimate of drug-likeness (QED) is 0.206. The molecule has 2 atom stereocenters. The Morgan fingerprint density at radius 2 is 1.67 bits per heavy atom. The zero-order chi connectivity index (χ0) is 30.1. The molecule has 0 aliphatic rings. The Morgan fingerprint density at radius 1 is 0.952 bits per heavy atom. The van der Waals surface area contributed by atoms with Gasteiger partial charge in [-0.2, -0.15) is 0 Å². The summed E-state index contributed by atoms with van der Waals surface area (Å²) in [6.45, 7) is 2.11. The number of hydrogen-bond acceptors (Lipinski definition) is 7. The Hall–Kier alpha value is -4.06. The van der Waals surface area contributed by atoms with Crippen LogP contribution in [0.1, 0.15) is 36.5 Å². The van der Waals surface area contributed by atoms with Crippen LogP contribution in [-0.2, 0) is 29.0 Å². The van der Waals surface area contributed by atoms with Crippen molar-refractivity contribution in [1.82, 2.24) is 15.1 Å². The van der Waals surface area contributed by atoms with Gasteiger partial charge in [-0.3, -0.25) is 9.59 Å². The van der Waals surface area contributed by atoms with Crippen LogP contribution in [-0.4, -0.2) is 50.7 Å². The van der Waals surface area contributed by atoms with E-state index in [0.29, 0.717) is 15.7 Å². The number of aliphatic hydroxyl groups is 1. The maximum Gasteiger partial charge on any atom is 0.226 e. The predicted molar refractivity (Wildman–Crippen MR) is 158 cm³/mol. The maximum absolute atomic E-state index is 13.6. The largest absolute Gasteiger partial charge is 0.390 e. The van der Waals surface area contributed by atoms with E-state index in [0.717, 1.165) is 41.3 Å². The summed E-state index contributed by atoms with van der Waals surface area (Å²) in [5.74, 6) is -2.21. The van der Waals surface area contributed by atoms with Gasteiger partial charge in [-0.25, -0.2) is 8.78 Å². The third kappa shape index (κ3) is 8.97. The molecule has 0 saturated heterocycles. The molecule has 4 N–H and O–H groups in total. The molecule has 0 fully saturated rings. The van der Waals surface area contributed by atoms with Crippen molar-refractivity contribution in [2.75, 3.05) is 11.9 Å². The molecule has 0 saturated carbocycles. The predicted octanol–water partition coefficient (Wildman–Crippen LogP) is 4.72. The number of hydrogen-bond donors (Lipinski definition) is 3. The molecule has 0 bridgehead atoms. The molecule has 2 amide bonds. The number of nitrogens with two attached hydrogens (primary N) is 1. The van der Waals surface area contributed by atoms with Gasteiger partial charge < -0.3 is 21.1 Å². The summed E-state index contributed by atoms with van der Waals surface area (Å²) >= 11 is 1.23. The van der Waals surface area contributed by atoms with Gasteiger partial charge in [0, 0.05) is 43.6 Å². The lowest BCUT2D eigenvalue weighted by Gasteiger charge is -2.28. The summed E-state index contributed by atoms with van der Waals surface area (Å²) in [6.07, 6.45) is -0.563. The Kier molecular flexibility index (Phi) is 10.8. The van der Waals surface area contributed by atoms with Crippen LogP contribution in [0.4, 0.5) is 13.9 Å². The average molecular weight is 594 g/mol. The Bertz CT molecular complexity index is 1480. The number of benzene rings is 3. The summed E-state index contributed by atoms with van der Waals surface area (Å²) in [5.41, 5.74) is 9.32. The van der Waals surface area contributed by atoms with E-state index in [4.69, 9.17) is 5.73 Å². The normalized spacial score (nSPS) is 12.5. The molecule has 4 aromatic rings. The number of halogens is 2. The highest BCUT2D eigenvalue weighted by molar-refractivity contribution is 7.18. The second kappa shape index (κ2) is 14.7. The Labute approximate surface area is 247 Å². The molecule has 0 unspecified atom stereocenters. The van der Waals surface area contributed by atoms with Gasteiger partial charge >= 0.3 is 0 Å². The number of nitrogens with one attached hydrogen (secondary N) is 1. The lowest BCUT2D eigenvalue weighted by Crippen LogP contribution is -2.46. The van der Waals surface area contributed by atoms with Crippen molar-refractivity contribution in [3.8, 4) is 10.6 Å². The number of aryl methyl sites for hydroxylation is 1. The number of carbonyl (C=O) groups is 2. The number of aliphatic hydroxyl groups excluding tert-OH is 1. The lowest BCUT2D eigenvalue weighted by molar-refractivity contribution is -0.135. The highest BCUT2D eigenvalue weighted by atomic mass is 32.1. The van der Waals surface area contributed by atoms with Crippen LogP contribution in [0.3, 0.4) is 0 Å². The van der Waals surface area contributed by atoms with Gasteiger partial charge in [-0.15, -0.1) is 10.2 Å². The standard InChI is InChI=1S/C31H33F2N5O3S/c1-2-20-7-6-8-21(13-20)18-38(19-27(39)26(34)16-22-14-24(32)17-25(33)15-22)29(41)12-11-28(40)35-31-37-36-30(42-31)23-9-4-3-5-10-23/h3-10,13-15,17,26-27,39H,2,11-12,16,18-19,34H2,1H3,(H,35,37,40)/t26-,27+/m0/s1. The van der Waals surface area contributed by atoms with Gasteiger partial charge in [0.25, 0.3) is 0 Å². The summed E-state index contributed by atoms with van der Waals surface area (Å²) in [7, 11) is 0. The van der Waals surface area contributed by atoms with Crippen molar-refractivity contribution in [3.63, 3.8) is 0 Å². The van der Waals surface area contributed by atoms with Crippen molar-refractivity contribution in [2.24, 2.45) is 5.73 Å². The van der Waals surface area contributed by atoms with Gasteiger partial charge in [-0.1, -0.05) is 72.9 Å². The number of aromatic nitrogens is 2. The van der Waals surface area contributed by atoms with E-state index in [9.17, 15) is 23.5 Å². The lowest BCUT2D eigenvalue weighted by atomic mass is 10.0. The Balaban J connectivity index is 1.39. The minimum Gasteiger partial charge on any atom is -0.390 e. The maximum atomic E-state index is 13.6. The molecular weight excluding hydrogens is 560 g/mol. The highest BCUT2D eigenvalue weighted by Crippen LogP contribution is 2.26. The zero-order valence-corrected chi connectivity index (χ0v) is 24.0. The van der Waals surface area contributed by atoms with Crippen LogP contribution in [0.5, 0.6) is 0 Å². The molecule has 8 nitrogen and oxygen atoms in total. The molecule has 0 spiro atoms. The highest BCUT2D eigenvalue weighted by Gasteiger charge is 2.24. The molecule has 11 heteroatoms. The Morgan fingerprint density at radius 3 is 2.38 bits per heavy atom. The minimum absolute atomic E-state index is 0.0123. The fraction of sp³-hybridized carbons (Fsp3) is 0.290. The molecule has 1 aromatic heterocycles. The van der Waals surface area contributed by atoms with Gasteiger partial charge in [0.2, 0.25) is 16.9 Å². The second-order valence-corrected chi connectivity index (χ2v) is 11.0. The third-order valence-electron chi connectivity index (χ3n) is 6.68. The van der Waals surface area contributed by atoms with E-state index in [1.165, 1.54) is 16.2 Å². The van der Waals surface area contributed by atoms with Crippen molar-refractivity contribution in [1.29, 1.82) is 0 Å². The molecule has 220 valence electrons. The molecule has 42 heavy (non-hydrogen) atoms. The monoisotopic (exact) mass is 593 g/mol. The number of amides is 2. The molecular formula is C31H33F2N5O3S. The number of nitrogens with zero attached hydrogens (tertiary/aromatic N) is 3. The summed E-state index contributed by atoms with van der Waals surface area (Å²) in [5, 5.41) is 22.7. The van der Waals surface area contributed by atoms with Crippen LogP contribution >= 0.6 is 11.3 Å². The van der Waals surface area contributed by atoms with Crippen LogP contribution in [0.15, 0.2) is 72.8 Å². The van der Waals surface area contributed by atoms with Crippen LogP contribution < -0.4 is 11.1 Å². The zero-order valence-electron chi connectivity index (χ0n) is 23.2. The molecule has 0 radical (unpaired) electrons. The first-order valence-electron chi connectivity index (χ1n) is 13.6.